The Hall–Kier alpha value is -1.94. The molecule has 0 saturated carbocycles. The predicted octanol–water partition coefficient (Wildman–Crippen LogP) is 2.83. The number of thiophene rings is 1. The van der Waals surface area contributed by atoms with Crippen molar-refractivity contribution in [3.8, 4) is 0 Å². The number of para-hydroxylation sites is 1. The maximum absolute atomic E-state index is 12.1. The predicted molar refractivity (Wildman–Crippen MR) is 75.9 cm³/mol. The highest BCUT2D eigenvalue weighted by Gasteiger charge is 2.36. The lowest BCUT2D eigenvalue weighted by Crippen LogP contribution is -2.31. The lowest BCUT2D eigenvalue weighted by atomic mass is 10.1. The number of benzene rings is 1. The molecule has 3 rings (SSSR count). The van der Waals surface area contributed by atoms with Crippen molar-refractivity contribution >= 4 is 28.7 Å². The van der Waals surface area contributed by atoms with Crippen molar-refractivity contribution in [2.45, 2.75) is 13.3 Å². The molecule has 0 unspecified atom stereocenters. The van der Waals surface area contributed by atoms with Gasteiger partial charge in [-0.3, -0.25) is 9.59 Å². The average molecular weight is 271 g/mol. The fourth-order valence-corrected chi connectivity index (χ4v) is 3.13. The van der Waals surface area contributed by atoms with Crippen LogP contribution in [0.3, 0.4) is 0 Å². The number of aryl methyl sites for hydroxylation is 1. The highest BCUT2D eigenvalue weighted by atomic mass is 32.1. The van der Waals surface area contributed by atoms with Gasteiger partial charge in [0.25, 0.3) is 11.7 Å². The zero-order valence-corrected chi connectivity index (χ0v) is 11.4. The molecule has 1 aromatic carbocycles. The summed E-state index contributed by atoms with van der Waals surface area (Å²) in [5.41, 5.74) is 2.30. The Morgan fingerprint density at radius 2 is 2.00 bits per heavy atom. The number of nitrogens with zero attached hydrogens (tertiary/aromatic N) is 1. The number of fused-ring (bicyclic) bond motifs is 1. The molecular weight excluding hydrogens is 258 g/mol. The maximum atomic E-state index is 12.1. The normalized spacial score (nSPS) is 14.1. The van der Waals surface area contributed by atoms with Crippen molar-refractivity contribution in [3.63, 3.8) is 0 Å². The molecule has 96 valence electrons. The van der Waals surface area contributed by atoms with E-state index in [1.54, 1.807) is 22.3 Å². The van der Waals surface area contributed by atoms with Crippen molar-refractivity contribution in [2.24, 2.45) is 0 Å². The number of carbonyl (C=O) groups is 2. The summed E-state index contributed by atoms with van der Waals surface area (Å²) < 4.78 is 0. The summed E-state index contributed by atoms with van der Waals surface area (Å²) in [5.74, 6) is -0.786. The van der Waals surface area contributed by atoms with Gasteiger partial charge in [-0.25, -0.2) is 0 Å². The van der Waals surface area contributed by atoms with Gasteiger partial charge in [0.05, 0.1) is 11.3 Å². The number of amides is 1. The third-order valence-electron chi connectivity index (χ3n) is 3.35. The van der Waals surface area contributed by atoms with Gasteiger partial charge in [-0.15, -0.1) is 11.3 Å². The molecule has 0 N–H and O–H groups in total. The Bertz CT molecular complexity index is 646. The second-order valence-electron chi connectivity index (χ2n) is 4.59. The monoisotopic (exact) mass is 271 g/mol. The van der Waals surface area contributed by atoms with Gasteiger partial charge < -0.3 is 4.90 Å². The summed E-state index contributed by atoms with van der Waals surface area (Å²) in [4.78, 5) is 26.8. The molecule has 2 aromatic rings. The van der Waals surface area contributed by atoms with Gasteiger partial charge in [0, 0.05) is 11.4 Å². The molecule has 1 aromatic heterocycles. The Balaban J connectivity index is 1.90. The number of carbonyl (C=O) groups excluding carboxylic acids is 2. The molecule has 0 fully saturated rings. The minimum Gasteiger partial charge on any atom is -0.304 e. The highest BCUT2D eigenvalue weighted by Crippen LogP contribution is 2.32. The minimum atomic E-state index is -0.402. The Kier molecular flexibility index (Phi) is 2.95. The summed E-state index contributed by atoms with van der Waals surface area (Å²) in [6.07, 6.45) is 0.782. The van der Waals surface area contributed by atoms with E-state index < -0.39 is 5.91 Å². The highest BCUT2D eigenvalue weighted by molar-refractivity contribution is 7.09. The number of anilines is 1. The summed E-state index contributed by atoms with van der Waals surface area (Å²) in [6, 6.07) is 9.53. The first-order valence-corrected chi connectivity index (χ1v) is 7.04. The van der Waals surface area contributed by atoms with E-state index in [9.17, 15) is 9.59 Å². The van der Waals surface area contributed by atoms with E-state index in [-0.39, 0.29) is 5.78 Å². The Morgan fingerprint density at radius 1 is 1.16 bits per heavy atom. The van der Waals surface area contributed by atoms with Crippen LogP contribution in [0.1, 0.15) is 20.8 Å². The lowest BCUT2D eigenvalue weighted by molar-refractivity contribution is -0.114. The fourth-order valence-electron chi connectivity index (χ4n) is 2.43. The van der Waals surface area contributed by atoms with Crippen molar-refractivity contribution < 1.29 is 9.59 Å². The van der Waals surface area contributed by atoms with Crippen LogP contribution in [-0.4, -0.2) is 18.2 Å². The average Bonchev–Trinajstić information content (AvgIpc) is 2.99. The third-order valence-corrected chi connectivity index (χ3v) is 4.29. The van der Waals surface area contributed by atoms with Crippen LogP contribution in [0.2, 0.25) is 0 Å². The van der Waals surface area contributed by atoms with Crippen LogP contribution in [-0.2, 0) is 11.2 Å². The van der Waals surface area contributed by atoms with E-state index in [1.807, 2.05) is 36.6 Å². The summed E-state index contributed by atoms with van der Waals surface area (Å²) in [6.45, 7) is 2.49. The van der Waals surface area contributed by atoms with Gasteiger partial charge in [0.15, 0.2) is 0 Å². The van der Waals surface area contributed by atoms with E-state index >= 15 is 0 Å². The van der Waals surface area contributed by atoms with Gasteiger partial charge in [-0.05, 0) is 36.4 Å². The van der Waals surface area contributed by atoms with Gasteiger partial charge >= 0.3 is 0 Å². The van der Waals surface area contributed by atoms with Crippen molar-refractivity contribution in [1.29, 1.82) is 0 Å². The van der Waals surface area contributed by atoms with E-state index in [1.165, 1.54) is 4.88 Å². The second-order valence-corrected chi connectivity index (χ2v) is 5.62. The molecule has 3 nitrogen and oxygen atoms in total. The molecule has 0 radical (unpaired) electrons. The molecular formula is C15H13NO2S. The number of ketones is 1. The van der Waals surface area contributed by atoms with Crippen molar-refractivity contribution in [3.05, 3.63) is 51.7 Å². The SMILES string of the molecule is Cc1cccc2c1N(CCc1cccs1)C(=O)C2=O. The molecule has 19 heavy (non-hydrogen) atoms. The van der Waals surface area contributed by atoms with Gasteiger partial charge in [-0.1, -0.05) is 18.2 Å². The minimum absolute atomic E-state index is 0.384. The Morgan fingerprint density at radius 3 is 2.74 bits per heavy atom. The smallest absolute Gasteiger partial charge is 0.299 e. The first-order valence-electron chi connectivity index (χ1n) is 6.16. The van der Waals surface area contributed by atoms with Crippen molar-refractivity contribution in [2.75, 3.05) is 11.4 Å². The van der Waals surface area contributed by atoms with Gasteiger partial charge in [-0.2, -0.15) is 0 Å². The molecule has 0 saturated heterocycles. The first-order chi connectivity index (χ1) is 9.18. The molecule has 2 heterocycles. The van der Waals surface area contributed by atoms with E-state index in [0.29, 0.717) is 12.1 Å². The second kappa shape index (κ2) is 4.63. The van der Waals surface area contributed by atoms with Crippen LogP contribution >= 0.6 is 11.3 Å². The summed E-state index contributed by atoms with van der Waals surface area (Å²) in [5, 5.41) is 2.02. The summed E-state index contributed by atoms with van der Waals surface area (Å²) >= 11 is 1.67. The van der Waals surface area contributed by atoms with Crippen LogP contribution in [0, 0.1) is 6.92 Å². The molecule has 0 aliphatic carbocycles. The van der Waals surface area contributed by atoms with Gasteiger partial charge in [0.1, 0.15) is 0 Å². The number of Topliss-reactive ketones (excluding diaryl/α,β-unsaturated/α-hetero) is 1. The molecule has 1 amide bonds. The molecule has 0 spiro atoms. The zero-order chi connectivity index (χ0) is 13.4. The van der Waals surface area contributed by atoms with E-state index in [4.69, 9.17) is 0 Å². The third kappa shape index (κ3) is 1.98. The van der Waals surface area contributed by atoms with E-state index in [2.05, 4.69) is 0 Å². The van der Waals surface area contributed by atoms with Gasteiger partial charge in [0.2, 0.25) is 0 Å². The topological polar surface area (TPSA) is 37.4 Å². The largest absolute Gasteiger partial charge is 0.304 e. The van der Waals surface area contributed by atoms with Crippen molar-refractivity contribution in [1.82, 2.24) is 0 Å². The number of hydrogen-bond acceptors (Lipinski definition) is 3. The lowest BCUT2D eigenvalue weighted by Gasteiger charge is -2.17. The first kappa shape index (κ1) is 12.1. The van der Waals surface area contributed by atoms with Crippen LogP contribution < -0.4 is 4.90 Å². The molecule has 1 aliphatic rings. The molecule has 4 heteroatoms. The molecule has 0 atom stereocenters. The zero-order valence-electron chi connectivity index (χ0n) is 10.6. The van der Waals surface area contributed by atoms with E-state index in [0.717, 1.165) is 17.7 Å². The molecule has 1 aliphatic heterocycles. The van der Waals surface area contributed by atoms with Crippen LogP contribution in [0.4, 0.5) is 5.69 Å². The number of hydrogen-bond donors (Lipinski definition) is 0. The van der Waals surface area contributed by atoms with Crippen LogP contribution in [0.25, 0.3) is 0 Å². The van der Waals surface area contributed by atoms with Crippen LogP contribution in [0.15, 0.2) is 35.7 Å². The maximum Gasteiger partial charge on any atom is 0.299 e. The standard InChI is InChI=1S/C15H13NO2S/c1-10-4-2-6-12-13(10)16(15(18)14(12)17)8-7-11-5-3-9-19-11/h2-6,9H,7-8H2,1H3. The molecule has 0 bridgehead atoms. The fraction of sp³-hybridized carbons (Fsp3) is 0.200. The van der Waals surface area contributed by atoms with Crippen LogP contribution in [0.5, 0.6) is 0 Å². The Labute approximate surface area is 115 Å². The summed E-state index contributed by atoms with van der Waals surface area (Å²) in [7, 11) is 0. The number of rotatable bonds is 3. The quantitative estimate of drug-likeness (QED) is 0.805.